The van der Waals surface area contributed by atoms with Crippen LogP contribution in [0.1, 0.15) is 53.5 Å². The van der Waals surface area contributed by atoms with E-state index in [2.05, 4.69) is 16.0 Å². The smallest absolute Gasteiger partial charge is 0.260 e. The Balaban J connectivity index is 1.77. The second kappa shape index (κ2) is 10.7. The lowest BCUT2D eigenvalue weighted by Crippen LogP contribution is -2.47. The molecule has 3 N–H and O–H groups in total. The van der Waals surface area contributed by atoms with E-state index < -0.39 is 6.10 Å². The maximum atomic E-state index is 12.5. The van der Waals surface area contributed by atoms with E-state index in [0.29, 0.717) is 31.0 Å². The number of hydrogen-bond donors (Lipinski definition) is 3. The van der Waals surface area contributed by atoms with Crippen LogP contribution in [-0.2, 0) is 9.59 Å². The number of hydrogen-bond acceptors (Lipinski definition) is 5. The molecule has 0 radical (unpaired) electrons. The molecule has 7 heteroatoms. The molecule has 0 fully saturated rings. The van der Waals surface area contributed by atoms with Crippen LogP contribution in [0.25, 0.3) is 6.08 Å². The second-order valence-corrected chi connectivity index (χ2v) is 9.10. The molecule has 0 saturated carbocycles. The first-order chi connectivity index (χ1) is 15.0. The summed E-state index contributed by atoms with van der Waals surface area (Å²) >= 11 is 0. The van der Waals surface area contributed by atoms with Gasteiger partial charge in [-0.15, -0.1) is 0 Å². The van der Waals surface area contributed by atoms with E-state index in [4.69, 9.17) is 9.47 Å². The fourth-order valence-corrected chi connectivity index (χ4v) is 3.86. The molecule has 1 atom stereocenters. The molecule has 1 aliphatic rings. The van der Waals surface area contributed by atoms with Crippen LogP contribution in [0.5, 0.6) is 11.5 Å². The van der Waals surface area contributed by atoms with Crippen LogP contribution in [0.4, 0.5) is 0 Å². The molecule has 2 amide bonds. The zero-order valence-electron chi connectivity index (χ0n) is 20.3. The number of ether oxygens (including phenoxy) is 2. The van der Waals surface area contributed by atoms with Crippen molar-refractivity contribution in [1.82, 2.24) is 16.0 Å². The largest absolute Gasteiger partial charge is 0.493 e. The third-order valence-electron chi connectivity index (χ3n) is 5.22. The lowest BCUT2D eigenvalue weighted by molar-refractivity contribution is -0.127. The fraction of sp³-hybridized carbons (Fsp3) is 0.520. The minimum absolute atomic E-state index is 0.0791. The average molecular weight is 444 g/mol. The van der Waals surface area contributed by atoms with Gasteiger partial charge in [0.05, 0.1) is 7.11 Å². The first kappa shape index (κ1) is 25.5. The Hall–Kier alpha value is -2.80. The Morgan fingerprint density at radius 2 is 1.81 bits per heavy atom. The summed E-state index contributed by atoms with van der Waals surface area (Å²) in [6.45, 7) is 12.6. The Kier molecular flexibility index (Phi) is 8.50. The van der Waals surface area contributed by atoms with Gasteiger partial charge in [-0.2, -0.15) is 0 Å². The summed E-state index contributed by atoms with van der Waals surface area (Å²) in [5.74, 6) is 0.787. The van der Waals surface area contributed by atoms with Crippen LogP contribution in [0.2, 0.25) is 0 Å². The van der Waals surface area contributed by atoms with E-state index >= 15 is 0 Å². The quantitative estimate of drug-likeness (QED) is 0.483. The molecular formula is C25H37N3O4. The molecule has 7 nitrogen and oxygen atoms in total. The van der Waals surface area contributed by atoms with Crippen molar-refractivity contribution in [2.45, 2.75) is 65.1 Å². The van der Waals surface area contributed by atoms with Crippen molar-refractivity contribution < 1.29 is 19.1 Å². The lowest BCUT2D eigenvalue weighted by Gasteiger charge is -2.27. The third kappa shape index (κ3) is 6.85. The zero-order valence-corrected chi connectivity index (χ0v) is 20.3. The molecule has 0 aromatic heterocycles. The maximum absolute atomic E-state index is 12.5. The number of carbonyl (C=O) groups excluding carboxylic acids is 2. The second-order valence-electron chi connectivity index (χ2n) is 9.10. The fourth-order valence-electron chi connectivity index (χ4n) is 3.86. The third-order valence-corrected chi connectivity index (χ3v) is 5.22. The highest BCUT2D eigenvalue weighted by Gasteiger charge is 2.39. The maximum Gasteiger partial charge on any atom is 0.260 e. The molecule has 0 aliphatic carbocycles. The lowest BCUT2D eigenvalue weighted by atomic mass is 9.96. The van der Waals surface area contributed by atoms with Crippen molar-refractivity contribution in [1.29, 1.82) is 0 Å². The van der Waals surface area contributed by atoms with Gasteiger partial charge in [0.1, 0.15) is 0 Å². The van der Waals surface area contributed by atoms with Gasteiger partial charge < -0.3 is 20.1 Å². The number of amides is 2. The molecule has 0 saturated heterocycles. The highest BCUT2D eigenvalue weighted by molar-refractivity contribution is 5.96. The summed E-state index contributed by atoms with van der Waals surface area (Å²) in [4.78, 5) is 24.9. The van der Waals surface area contributed by atoms with Crippen LogP contribution in [0.15, 0.2) is 35.9 Å². The van der Waals surface area contributed by atoms with Crippen molar-refractivity contribution >= 4 is 17.9 Å². The SMILES string of the molecule is C/C=C\c1ccc(OC(C)C(=O)NCCCNC(=O)C2=CC(C)(C)NC2(C)C)c(OC)c1. The first-order valence-corrected chi connectivity index (χ1v) is 11.0. The van der Waals surface area contributed by atoms with Gasteiger partial charge in [0.25, 0.3) is 5.91 Å². The number of carbonyl (C=O) groups is 2. The van der Waals surface area contributed by atoms with Gasteiger partial charge >= 0.3 is 0 Å². The summed E-state index contributed by atoms with van der Waals surface area (Å²) in [5, 5.41) is 9.22. The molecular weight excluding hydrogens is 406 g/mol. The van der Waals surface area contributed by atoms with Crippen LogP contribution in [-0.4, -0.2) is 49.2 Å². The van der Waals surface area contributed by atoms with E-state index in [-0.39, 0.29) is 22.9 Å². The standard InChI is InChI=1S/C25H37N3O4/c1-8-10-18-11-12-20(21(15-18)31-7)32-17(2)22(29)26-13-9-14-27-23(30)19-16-24(3,4)28-25(19,5)6/h8,10-12,15-17,28H,9,13-14H2,1-7H3,(H,26,29)(H,27,30)/b10-8-. The highest BCUT2D eigenvalue weighted by Crippen LogP contribution is 2.30. The summed E-state index contributed by atoms with van der Waals surface area (Å²) < 4.78 is 11.2. The molecule has 1 aromatic rings. The Morgan fingerprint density at radius 1 is 1.12 bits per heavy atom. The van der Waals surface area contributed by atoms with E-state index in [1.54, 1.807) is 20.1 Å². The predicted molar refractivity (Wildman–Crippen MR) is 128 cm³/mol. The van der Waals surface area contributed by atoms with Crippen LogP contribution >= 0.6 is 0 Å². The number of nitrogens with one attached hydrogen (secondary N) is 3. The van der Waals surface area contributed by atoms with E-state index in [1.807, 2.05) is 65.0 Å². The normalized spacial score (nSPS) is 17.5. The molecule has 176 valence electrons. The Morgan fingerprint density at radius 3 is 2.41 bits per heavy atom. The van der Waals surface area contributed by atoms with Crippen LogP contribution in [0.3, 0.4) is 0 Å². The molecule has 32 heavy (non-hydrogen) atoms. The van der Waals surface area contributed by atoms with Crippen LogP contribution < -0.4 is 25.4 Å². The molecule has 2 rings (SSSR count). The van der Waals surface area contributed by atoms with Gasteiger partial charge in [-0.25, -0.2) is 0 Å². The Bertz CT molecular complexity index is 887. The minimum atomic E-state index is -0.677. The van der Waals surface area contributed by atoms with Gasteiger partial charge in [-0.3, -0.25) is 14.9 Å². The Labute approximate surface area is 191 Å². The molecule has 1 unspecified atom stereocenters. The summed E-state index contributed by atoms with van der Waals surface area (Å²) in [5.41, 5.74) is 1.14. The average Bonchev–Trinajstić information content (AvgIpc) is 2.95. The van der Waals surface area contributed by atoms with Crippen molar-refractivity contribution in [2.24, 2.45) is 0 Å². The van der Waals surface area contributed by atoms with Gasteiger partial charge in [0.15, 0.2) is 17.6 Å². The number of benzene rings is 1. The van der Waals surface area contributed by atoms with E-state index in [1.165, 1.54) is 0 Å². The molecule has 0 spiro atoms. The predicted octanol–water partition coefficient (Wildman–Crippen LogP) is 3.20. The van der Waals surface area contributed by atoms with Gasteiger partial charge in [-0.1, -0.05) is 24.3 Å². The molecule has 1 heterocycles. The summed E-state index contributed by atoms with van der Waals surface area (Å²) in [6, 6.07) is 5.56. The minimum Gasteiger partial charge on any atom is -0.493 e. The summed E-state index contributed by atoms with van der Waals surface area (Å²) in [6.07, 6.45) is 5.82. The van der Waals surface area contributed by atoms with Crippen LogP contribution in [0, 0.1) is 0 Å². The summed E-state index contributed by atoms with van der Waals surface area (Å²) in [7, 11) is 1.57. The topological polar surface area (TPSA) is 88.7 Å². The van der Waals surface area contributed by atoms with Gasteiger partial charge in [-0.05, 0) is 65.7 Å². The monoisotopic (exact) mass is 443 g/mol. The van der Waals surface area contributed by atoms with E-state index in [9.17, 15) is 9.59 Å². The van der Waals surface area contributed by atoms with Crippen molar-refractivity contribution in [2.75, 3.05) is 20.2 Å². The highest BCUT2D eigenvalue weighted by atomic mass is 16.5. The number of methoxy groups -OCH3 is 1. The van der Waals surface area contributed by atoms with Crippen molar-refractivity contribution in [3.05, 3.63) is 41.5 Å². The van der Waals surface area contributed by atoms with E-state index in [0.717, 1.165) is 11.1 Å². The first-order valence-electron chi connectivity index (χ1n) is 11.0. The molecule has 1 aliphatic heterocycles. The van der Waals surface area contributed by atoms with Gasteiger partial charge in [0, 0.05) is 29.7 Å². The number of allylic oxidation sites excluding steroid dienone is 1. The number of rotatable bonds is 10. The zero-order chi connectivity index (χ0) is 23.9. The molecule has 1 aromatic carbocycles. The molecule has 0 bridgehead atoms. The van der Waals surface area contributed by atoms with Crippen molar-refractivity contribution in [3.63, 3.8) is 0 Å². The van der Waals surface area contributed by atoms with Crippen molar-refractivity contribution in [3.8, 4) is 11.5 Å². The van der Waals surface area contributed by atoms with Gasteiger partial charge in [0.2, 0.25) is 5.91 Å².